The lowest BCUT2D eigenvalue weighted by molar-refractivity contribution is -0.0660. The fourth-order valence-electron chi connectivity index (χ4n) is 1.85. The third kappa shape index (κ3) is 2.52. The van der Waals surface area contributed by atoms with Crippen molar-refractivity contribution in [3.63, 3.8) is 0 Å². The molecule has 1 fully saturated rings. The van der Waals surface area contributed by atoms with Crippen LogP contribution in [0.4, 0.5) is 0 Å². The van der Waals surface area contributed by atoms with E-state index in [4.69, 9.17) is 9.84 Å². The Bertz CT molecular complexity index is 495. The predicted octanol–water partition coefficient (Wildman–Crippen LogP) is -1.60. The molecule has 2 rings (SSSR count). The van der Waals surface area contributed by atoms with E-state index < -0.39 is 37.1 Å². The number of ether oxygens (including phenoxy) is 2. The second-order valence-corrected chi connectivity index (χ2v) is 4.89. The molecule has 112 valence electrons. The summed E-state index contributed by atoms with van der Waals surface area (Å²) < 4.78 is 9.86. The molecule has 1 aromatic heterocycles. The lowest BCUT2D eigenvalue weighted by atomic mass is 10.1. The van der Waals surface area contributed by atoms with Crippen LogP contribution in [0.1, 0.15) is 16.7 Å². The van der Waals surface area contributed by atoms with Gasteiger partial charge in [-0.1, -0.05) is 0 Å². The highest BCUT2D eigenvalue weighted by Gasteiger charge is 2.45. The largest absolute Gasteiger partial charge is 0.464 e. The van der Waals surface area contributed by atoms with E-state index in [0.29, 0.717) is 5.03 Å². The van der Waals surface area contributed by atoms with Gasteiger partial charge in [0.05, 0.1) is 13.7 Å². The van der Waals surface area contributed by atoms with Crippen molar-refractivity contribution in [2.75, 3.05) is 20.0 Å². The molecule has 0 radical (unpaired) electrons. The predicted molar refractivity (Wildman–Crippen MR) is 66.2 cm³/mol. The van der Waals surface area contributed by atoms with Gasteiger partial charge in [-0.25, -0.2) is 4.79 Å². The minimum atomic E-state index is -1.31. The maximum Gasteiger partial charge on any atom is 0.361 e. The molecule has 0 bridgehead atoms. The first-order valence-electron chi connectivity index (χ1n) is 5.75. The zero-order chi connectivity index (χ0) is 14.9. The molecule has 0 unspecified atom stereocenters. The molecule has 1 saturated heterocycles. The quantitative estimate of drug-likeness (QED) is 0.445. The minimum Gasteiger partial charge on any atom is -0.464 e. The number of nitrogens with zero attached hydrogens (tertiary/aromatic N) is 3. The summed E-state index contributed by atoms with van der Waals surface area (Å²) >= 11 is 1.18. The monoisotopic (exact) mass is 305 g/mol. The average Bonchev–Trinajstić information content (AvgIpc) is 3.01. The van der Waals surface area contributed by atoms with E-state index >= 15 is 0 Å². The highest BCUT2D eigenvalue weighted by atomic mass is 32.2. The highest BCUT2D eigenvalue weighted by molar-refractivity contribution is 7.98. The summed E-state index contributed by atoms with van der Waals surface area (Å²) in [6.45, 7) is -0.449. The van der Waals surface area contributed by atoms with Crippen molar-refractivity contribution < 1.29 is 29.6 Å². The van der Waals surface area contributed by atoms with Crippen molar-refractivity contribution >= 4 is 17.7 Å². The number of carbonyl (C=O) groups excluding carboxylic acids is 1. The zero-order valence-electron chi connectivity index (χ0n) is 10.8. The van der Waals surface area contributed by atoms with Gasteiger partial charge in [-0.05, 0) is 6.26 Å². The number of esters is 1. The van der Waals surface area contributed by atoms with E-state index in [1.165, 1.54) is 18.9 Å². The molecule has 3 N–H and O–H groups in total. The fraction of sp³-hybridized carbons (Fsp3) is 0.700. The van der Waals surface area contributed by atoms with Crippen LogP contribution in [0.2, 0.25) is 0 Å². The van der Waals surface area contributed by atoms with Crippen molar-refractivity contribution in [3.05, 3.63) is 5.69 Å². The summed E-state index contributed by atoms with van der Waals surface area (Å²) in [5.74, 6) is -0.660. The Balaban J connectivity index is 2.30. The molecule has 1 aromatic rings. The molecule has 4 atom stereocenters. The molecule has 2 heterocycles. The molecule has 10 heteroatoms. The van der Waals surface area contributed by atoms with E-state index in [0.717, 1.165) is 4.80 Å². The molecule has 0 aromatic carbocycles. The first-order chi connectivity index (χ1) is 9.53. The second-order valence-electron chi connectivity index (χ2n) is 4.10. The number of methoxy groups -OCH3 is 1. The van der Waals surface area contributed by atoms with E-state index in [9.17, 15) is 15.0 Å². The van der Waals surface area contributed by atoms with Crippen LogP contribution in [-0.4, -0.2) is 74.6 Å². The molecule has 20 heavy (non-hydrogen) atoms. The average molecular weight is 305 g/mol. The molecular formula is C10H15N3O6S. The van der Waals surface area contributed by atoms with Gasteiger partial charge in [0.25, 0.3) is 0 Å². The molecule has 0 amide bonds. The van der Waals surface area contributed by atoms with Crippen molar-refractivity contribution in [2.45, 2.75) is 29.6 Å². The van der Waals surface area contributed by atoms with Gasteiger partial charge in [0.2, 0.25) is 5.69 Å². The van der Waals surface area contributed by atoms with E-state index in [1.807, 2.05) is 0 Å². The Labute approximate surface area is 118 Å². The van der Waals surface area contributed by atoms with Gasteiger partial charge in [0.1, 0.15) is 18.3 Å². The van der Waals surface area contributed by atoms with Crippen LogP contribution in [0.5, 0.6) is 0 Å². The second kappa shape index (κ2) is 6.06. The number of rotatable bonds is 4. The third-order valence-corrected chi connectivity index (χ3v) is 3.58. The molecule has 0 spiro atoms. The number of hydrogen-bond acceptors (Lipinski definition) is 9. The number of aromatic nitrogens is 3. The number of aliphatic hydroxyl groups excluding tert-OH is 3. The van der Waals surface area contributed by atoms with Crippen LogP contribution in [0, 0.1) is 0 Å². The first kappa shape index (κ1) is 15.2. The maximum atomic E-state index is 11.5. The van der Waals surface area contributed by atoms with Crippen LogP contribution in [0.25, 0.3) is 0 Å². The van der Waals surface area contributed by atoms with Gasteiger partial charge < -0.3 is 24.8 Å². The zero-order valence-corrected chi connectivity index (χ0v) is 11.6. The number of thioether (sulfide) groups is 1. The van der Waals surface area contributed by atoms with Gasteiger partial charge in [0, 0.05) is 0 Å². The number of carbonyl (C=O) groups is 1. The fourth-order valence-corrected chi connectivity index (χ4v) is 2.34. The smallest absolute Gasteiger partial charge is 0.361 e. The lowest BCUT2D eigenvalue weighted by Crippen LogP contribution is -2.33. The molecule has 1 aliphatic rings. The van der Waals surface area contributed by atoms with Crippen molar-refractivity contribution in [1.82, 2.24) is 15.0 Å². The lowest BCUT2D eigenvalue weighted by Gasteiger charge is -2.12. The summed E-state index contributed by atoms with van der Waals surface area (Å²) in [5, 5.41) is 36.8. The van der Waals surface area contributed by atoms with Crippen LogP contribution in [-0.2, 0) is 9.47 Å². The SMILES string of the molecule is COC(=O)c1nn([C@@H]2O[C@H](CO)[C@@H](O)[C@H]2O)nc1SC. The number of hydrogen-bond donors (Lipinski definition) is 3. The Kier molecular flexibility index (Phi) is 4.60. The topological polar surface area (TPSA) is 127 Å². The standard InChI is InChI=1S/C10H15N3O6S/c1-18-10(17)5-8(20-2)12-13(11-5)9-7(16)6(15)4(3-14)19-9/h4,6-7,9,14-16H,3H2,1-2H3/t4-,6-,7-,9-/m1/s1. The van der Waals surface area contributed by atoms with Gasteiger partial charge >= 0.3 is 5.97 Å². The summed E-state index contributed by atoms with van der Waals surface area (Å²) in [6, 6.07) is 0. The van der Waals surface area contributed by atoms with Crippen LogP contribution in [0.3, 0.4) is 0 Å². The maximum absolute atomic E-state index is 11.5. The van der Waals surface area contributed by atoms with Gasteiger partial charge in [-0.15, -0.1) is 22.0 Å². The number of aliphatic hydroxyl groups is 3. The molecule has 9 nitrogen and oxygen atoms in total. The van der Waals surface area contributed by atoms with Crippen LogP contribution in [0.15, 0.2) is 5.03 Å². The van der Waals surface area contributed by atoms with E-state index in [1.54, 1.807) is 6.26 Å². The Morgan fingerprint density at radius 3 is 2.65 bits per heavy atom. The molecule has 1 aliphatic heterocycles. The van der Waals surface area contributed by atoms with Crippen molar-refractivity contribution in [1.29, 1.82) is 0 Å². The molecular weight excluding hydrogens is 290 g/mol. The Morgan fingerprint density at radius 2 is 2.15 bits per heavy atom. The van der Waals surface area contributed by atoms with Crippen molar-refractivity contribution in [3.8, 4) is 0 Å². The summed E-state index contributed by atoms with van der Waals surface area (Å²) in [5.41, 5.74) is -0.00209. The first-order valence-corrected chi connectivity index (χ1v) is 6.97. The highest BCUT2D eigenvalue weighted by Crippen LogP contribution is 2.29. The molecule has 0 saturated carbocycles. The Hall–Kier alpha value is -1.20. The van der Waals surface area contributed by atoms with E-state index in [2.05, 4.69) is 14.9 Å². The minimum absolute atomic E-state index is 0.00209. The van der Waals surface area contributed by atoms with Crippen LogP contribution >= 0.6 is 11.8 Å². The summed E-state index contributed by atoms with van der Waals surface area (Å²) in [6.07, 6.45) is -2.86. The normalized spacial score (nSPS) is 29.6. The van der Waals surface area contributed by atoms with Crippen LogP contribution < -0.4 is 0 Å². The summed E-state index contributed by atoms with van der Waals surface area (Å²) in [7, 11) is 1.22. The molecule has 0 aliphatic carbocycles. The van der Waals surface area contributed by atoms with Gasteiger partial charge in [0.15, 0.2) is 11.3 Å². The van der Waals surface area contributed by atoms with Gasteiger partial charge in [-0.2, -0.15) is 4.80 Å². The van der Waals surface area contributed by atoms with Crippen molar-refractivity contribution in [2.24, 2.45) is 0 Å². The van der Waals surface area contributed by atoms with E-state index in [-0.39, 0.29) is 5.69 Å². The van der Waals surface area contributed by atoms with Gasteiger partial charge in [-0.3, -0.25) is 0 Å². The summed E-state index contributed by atoms with van der Waals surface area (Å²) in [4.78, 5) is 12.5. The Morgan fingerprint density at radius 1 is 1.45 bits per heavy atom. The third-order valence-electron chi connectivity index (χ3n) is 2.92.